The number of aromatic nitrogens is 1. The molecule has 0 fully saturated rings. The van der Waals surface area contributed by atoms with Crippen LogP contribution in [-0.4, -0.2) is 7.05 Å². The Kier molecular flexibility index (Phi) is 6.14. The molecule has 23 heavy (non-hydrogen) atoms. The van der Waals surface area contributed by atoms with Gasteiger partial charge in [-0.25, -0.2) is 0 Å². The van der Waals surface area contributed by atoms with Crippen molar-refractivity contribution < 1.29 is 28.5 Å². The Hall–Kier alpha value is -1.91. The molecule has 1 heterocycles. The number of hydrogen-bond donors (Lipinski definition) is 1. The maximum absolute atomic E-state index is 8.25. The number of nitrogens with zero attached hydrogens (tertiary/aromatic N) is 1. The summed E-state index contributed by atoms with van der Waals surface area (Å²) in [5.41, 5.74) is 3.45. The molecule has 4 nitrogen and oxygen atoms in total. The van der Waals surface area contributed by atoms with Crippen molar-refractivity contribution in [1.82, 2.24) is 4.98 Å². The molecule has 0 aliphatic carbocycles. The van der Waals surface area contributed by atoms with Crippen molar-refractivity contribution >= 4 is 16.6 Å². The molecule has 1 aromatic heterocycles. The van der Waals surface area contributed by atoms with Crippen molar-refractivity contribution in [3.63, 3.8) is 0 Å². The molecule has 3 aromatic rings. The van der Waals surface area contributed by atoms with E-state index < -0.39 is 0 Å². The van der Waals surface area contributed by atoms with Gasteiger partial charge in [-0.15, -0.1) is 0 Å². The quantitative estimate of drug-likeness (QED) is 0.730. The Balaban J connectivity index is 0.000000924. The molecule has 0 aliphatic heterocycles. The summed E-state index contributed by atoms with van der Waals surface area (Å²) >= 11 is 0.750. The molecule has 0 spiro atoms. The number of nitrogens with one attached hydrogen (secondary N) is 1. The van der Waals surface area contributed by atoms with E-state index >= 15 is 0 Å². The topological polar surface area (TPSA) is 52.4 Å². The number of aryl methyl sites for hydroxylation is 2. The van der Waals surface area contributed by atoms with Crippen LogP contribution in [0.4, 0.5) is 5.82 Å². The van der Waals surface area contributed by atoms with Crippen LogP contribution in [0, 0.1) is 13.8 Å². The van der Waals surface area contributed by atoms with E-state index in [-0.39, 0.29) is 0 Å². The summed E-state index contributed by atoms with van der Waals surface area (Å²) < 4.78 is 14.3. The summed E-state index contributed by atoms with van der Waals surface area (Å²) in [7, 11) is 1.89. The van der Waals surface area contributed by atoms with Crippen LogP contribution >= 0.6 is 0 Å². The molecule has 0 aliphatic rings. The summed E-state index contributed by atoms with van der Waals surface area (Å²) in [6, 6.07) is 14.5. The molecule has 2 aromatic carbocycles. The Morgan fingerprint density at radius 2 is 1.78 bits per heavy atom. The standard InChI is InChI=1S/C18H19N2O.O.Ti/c1-12-7-9-14(10-8-12)11-21-16-6-4-5-15-13(2)20-18(19-3)17(15)16;;/h4-10,19H,11H2,1-3H3;;/q-1;;+1. The zero-order chi connectivity index (χ0) is 16.8. The summed E-state index contributed by atoms with van der Waals surface area (Å²) in [4.78, 5) is 4.54. The van der Waals surface area contributed by atoms with Crippen molar-refractivity contribution in [3.05, 3.63) is 59.3 Å². The third-order valence-corrected chi connectivity index (χ3v) is 3.68. The fourth-order valence-corrected chi connectivity index (χ4v) is 2.51. The maximum atomic E-state index is 8.25. The molecular formula is C18H19N2O2Ti. The summed E-state index contributed by atoms with van der Waals surface area (Å²) in [6.07, 6.45) is 0. The van der Waals surface area contributed by atoms with Crippen LogP contribution < -0.4 is 15.0 Å². The first-order chi connectivity index (χ1) is 11.2. The van der Waals surface area contributed by atoms with Gasteiger partial charge in [0.2, 0.25) is 0 Å². The van der Waals surface area contributed by atoms with Gasteiger partial charge in [-0.1, -0.05) is 60.5 Å². The Bertz CT molecular complexity index is 782. The fourth-order valence-electron chi connectivity index (χ4n) is 2.51. The monoisotopic (exact) mass is 343 g/mol. The van der Waals surface area contributed by atoms with E-state index in [0.717, 1.165) is 48.4 Å². The van der Waals surface area contributed by atoms with Gasteiger partial charge in [-0.05, 0) is 30.9 Å². The molecular weight excluding hydrogens is 324 g/mol. The van der Waals surface area contributed by atoms with Crippen LogP contribution in [0.3, 0.4) is 0 Å². The van der Waals surface area contributed by atoms with E-state index in [0.29, 0.717) is 6.61 Å². The number of hydrogen-bond acceptors (Lipinski definition) is 3. The van der Waals surface area contributed by atoms with Gasteiger partial charge in [0, 0.05) is 5.39 Å². The van der Waals surface area contributed by atoms with E-state index in [4.69, 9.17) is 8.06 Å². The Morgan fingerprint density at radius 3 is 2.43 bits per heavy atom. The van der Waals surface area contributed by atoms with Gasteiger partial charge in [-0.3, -0.25) is 0 Å². The van der Waals surface area contributed by atoms with Gasteiger partial charge in [-0.2, -0.15) is 0 Å². The van der Waals surface area contributed by atoms with Crippen molar-refractivity contribution in [3.8, 4) is 5.75 Å². The van der Waals surface area contributed by atoms with Gasteiger partial charge in [0.1, 0.15) is 12.4 Å². The second-order valence-electron chi connectivity index (χ2n) is 5.25. The van der Waals surface area contributed by atoms with E-state index in [9.17, 15) is 0 Å². The molecule has 117 valence electrons. The van der Waals surface area contributed by atoms with Crippen molar-refractivity contribution in [2.75, 3.05) is 12.4 Å². The number of anilines is 1. The van der Waals surface area contributed by atoms with Crippen molar-refractivity contribution in [2.45, 2.75) is 20.5 Å². The third kappa shape index (κ3) is 3.90. The average Bonchev–Trinajstić information content (AvgIpc) is 2.93. The van der Waals surface area contributed by atoms with E-state index in [1.807, 2.05) is 26.1 Å². The summed E-state index contributed by atoms with van der Waals surface area (Å²) in [6.45, 7) is 4.67. The zero-order valence-electron chi connectivity index (χ0n) is 13.5. The number of rotatable bonds is 4. The van der Waals surface area contributed by atoms with Crippen LogP contribution in [0.5, 0.6) is 5.75 Å². The van der Waals surface area contributed by atoms with Gasteiger partial charge >= 0.3 is 23.7 Å². The molecule has 0 bridgehead atoms. The van der Waals surface area contributed by atoms with Crippen LogP contribution in [0.2, 0.25) is 0 Å². The Morgan fingerprint density at radius 1 is 1.09 bits per heavy atom. The second-order valence-corrected chi connectivity index (χ2v) is 5.25. The summed E-state index contributed by atoms with van der Waals surface area (Å²) in [5, 5.41) is 5.35. The predicted molar refractivity (Wildman–Crippen MR) is 87.7 cm³/mol. The number of ether oxygens (including phenoxy) is 1. The average molecular weight is 343 g/mol. The first kappa shape index (κ1) is 17.4. The minimum absolute atomic E-state index is 0.562. The Labute approximate surface area is 148 Å². The van der Waals surface area contributed by atoms with Crippen LogP contribution in [0.25, 0.3) is 10.8 Å². The molecule has 0 saturated heterocycles. The number of benzene rings is 2. The molecule has 3 rings (SSSR count). The minimum atomic E-state index is 0.562. The van der Waals surface area contributed by atoms with Crippen molar-refractivity contribution in [2.24, 2.45) is 0 Å². The summed E-state index contributed by atoms with van der Waals surface area (Å²) in [5.74, 6) is 1.75. The SMILES string of the molecule is CNc1[n-]c(C)c2cccc(OCc3ccc(C)cc3)c12.[O]=[Ti+]. The normalized spacial score (nSPS) is 10.1. The van der Waals surface area contributed by atoms with E-state index in [1.165, 1.54) is 11.1 Å². The van der Waals surface area contributed by atoms with Crippen molar-refractivity contribution in [1.29, 1.82) is 0 Å². The molecule has 0 unspecified atom stereocenters. The molecule has 1 N–H and O–H groups in total. The molecule has 0 radical (unpaired) electrons. The van der Waals surface area contributed by atoms with Crippen LogP contribution in [0.15, 0.2) is 42.5 Å². The van der Waals surface area contributed by atoms with Gasteiger partial charge in [0.25, 0.3) is 0 Å². The van der Waals surface area contributed by atoms with Crippen LogP contribution in [0.1, 0.15) is 16.8 Å². The first-order valence-corrected chi connectivity index (χ1v) is 7.95. The van der Waals surface area contributed by atoms with Crippen LogP contribution in [-0.2, 0) is 30.3 Å². The predicted octanol–water partition coefficient (Wildman–Crippen LogP) is 3.91. The molecule has 0 atom stereocenters. The molecule has 0 amide bonds. The van der Waals surface area contributed by atoms with E-state index in [2.05, 4.69) is 47.6 Å². The molecule has 0 saturated carbocycles. The molecule has 5 heteroatoms. The fraction of sp³-hybridized carbons (Fsp3) is 0.222. The van der Waals surface area contributed by atoms with E-state index in [1.54, 1.807) is 0 Å². The van der Waals surface area contributed by atoms with Gasteiger partial charge < -0.3 is 15.0 Å². The third-order valence-electron chi connectivity index (χ3n) is 3.68. The second kappa shape index (κ2) is 8.09. The first-order valence-electron chi connectivity index (χ1n) is 7.31. The number of fused-ring (bicyclic) bond motifs is 1. The van der Waals surface area contributed by atoms with Gasteiger partial charge in [0.05, 0.1) is 0 Å². The zero-order valence-corrected chi connectivity index (χ0v) is 15.1. The van der Waals surface area contributed by atoms with Gasteiger partial charge in [0.15, 0.2) is 0 Å².